The first-order valence-electron chi connectivity index (χ1n) is 12.4. The molecule has 6 heteroatoms. The highest BCUT2D eigenvalue weighted by molar-refractivity contribution is 6.42. The molecule has 1 aliphatic heterocycles. The topological polar surface area (TPSA) is 55.4 Å². The van der Waals surface area contributed by atoms with Gasteiger partial charge in [0.1, 0.15) is 6.10 Å². The zero-order valence-corrected chi connectivity index (χ0v) is 21.3. The molecule has 0 radical (unpaired) electrons. The maximum Gasteiger partial charge on any atom is 0.337 e. The van der Waals surface area contributed by atoms with Gasteiger partial charge in [-0.05, 0) is 62.1 Å². The molecule has 0 bridgehead atoms. The second-order valence-electron chi connectivity index (χ2n) is 9.74. The van der Waals surface area contributed by atoms with E-state index in [1.54, 1.807) is 6.07 Å². The van der Waals surface area contributed by atoms with Crippen LogP contribution in [0.2, 0.25) is 10.0 Å². The minimum Gasteiger partial charge on any atom is -0.459 e. The molecule has 1 fully saturated rings. The monoisotopic (exact) mass is 509 g/mol. The number of esters is 1. The van der Waals surface area contributed by atoms with E-state index in [2.05, 4.69) is 17.4 Å². The Morgan fingerprint density at radius 3 is 2.46 bits per heavy atom. The van der Waals surface area contributed by atoms with Gasteiger partial charge in [0.05, 0.1) is 15.6 Å². The summed E-state index contributed by atoms with van der Waals surface area (Å²) in [6.45, 7) is 1.88. The van der Waals surface area contributed by atoms with Crippen LogP contribution in [0.1, 0.15) is 74.8 Å². The van der Waals surface area contributed by atoms with Gasteiger partial charge in [0.15, 0.2) is 5.78 Å². The van der Waals surface area contributed by atoms with Crippen LogP contribution < -0.4 is 5.32 Å². The number of allylic oxidation sites excluding steroid dienone is 3. The molecule has 2 aliphatic carbocycles. The lowest BCUT2D eigenvalue weighted by Gasteiger charge is -2.37. The second-order valence-corrected chi connectivity index (χ2v) is 10.5. The van der Waals surface area contributed by atoms with Crippen molar-refractivity contribution in [2.24, 2.45) is 0 Å². The molecule has 0 amide bonds. The summed E-state index contributed by atoms with van der Waals surface area (Å²) in [4.78, 5) is 27.3. The van der Waals surface area contributed by atoms with E-state index in [-0.39, 0.29) is 23.8 Å². The van der Waals surface area contributed by atoms with Gasteiger partial charge in [-0.25, -0.2) is 4.79 Å². The molecule has 0 spiro atoms. The number of ether oxygens (including phenoxy) is 1. The molecule has 35 heavy (non-hydrogen) atoms. The summed E-state index contributed by atoms with van der Waals surface area (Å²) in [6, 6.07) is 15.5. The fraction of sp³-hybridized carbons (Fsp3) is 0.379. The number of hydrogen-bond donors (Lipinski definition) is 1. The van der Waals surface area contributed by atoms with E-state index in [1.165, 1.54) is 6.42 Å². The molecular weight excluding hydrogens is 481 g/mol. The summed E-state index contributed by atoms with van der Waals surface area (Å²) >= 11 is 13.1. The number of carbonyl (C=O) groups excluding carboxylic acids is 2. The molecule has 2 aromatic rings. The summed E-state index contributed by atoms with van der Waals surface area (Å²) in [5.41, 5.74) is 4.40. The minimum atomic E-state index is -0.613. The normalized spacial score (nSPS) is 23.1. The Balaban J connectivity index is 1.56. The molecule has 0 aromatic heterocycles. The zero-order chi connectivity index (χ0) is 24.5. The standard InChI is InChI=1S/C29H29Cl2NO3/c1-17-25(29(34)35-20-11-6-3-7-12-20)26(21-13-8-14-22(30)28(21)31)27-23(32-17)15-19(16-24(27)33)18-9-4-2-5-10-18/h2,4-5,8-10,13-14,19-20,26,32H,3,6-7,11-12,15-16H2,1H3/t19-,26+/m1/s1. The number of hydrogen-bond acceptors (Lipinski definition) is 4. The molecule has 4 nitrogen and oxygen atoms in total. The lowest BCUT2D eigenvalue weighted by atomic mass is 9.71. The van der Waals surface area contributed by atoms with Crippen LogP contribution in [-0.4, -0.2) is 17.9 Å². The zero-order valence-electron chi connectivity index (χ0n) is 19.8. The molecular formula is C29H29Cl2NO3. The molecule has 2 aromatic carbocycles. The van der Waals surface area contributed by atoms with Crippen molar-refractivity contribution >= 4 is 35.0 Å². The van der Waals surface area contributed by atoms with Crippen LogP contribution in [0.15, 0.2) is 71.1 Å². The molecule has 1 heterocycles. The van der Waals surface area contributed by atoms with Gasteiger partial charge in [-0.1, -0.05) is 72.1 Å². The first-order valence-corrected chi connectivity index (χ1v) is 13.1. The van der Waals surface area contributed by atoms with Crippen molar-refractivity contribution in [3.05, 3.63) is 92.2 Å². The van der Waals surface area contributed by atoms with Crippen LogP contribution in [0.25, 0.3) is 0 Å². The predicted octanol–water partition coefficient (Wildman–Crippen LogP) is 7.23. The van der Waals surface area contributed by atoms with Crippen molar-refractivity contribution in [2.75, 3.05) is 0 Å². The lowest BCUT2D eigenvalue weighted by molar-refractivity contribution is -0.146. The van der Waals surface area contributed by atoms with Crippen molar-refractivity contribution in [3.63, 3.8) is 0 Å². The van der Waals surface area contributed by atoms with Gasteiger partial charge in [-0.2, -0.15) is 0 Å². The molecule has 182 valence electrons. The highest BCUT2D eigenvalue weighted by Crippen LogP contribution is 2.48. The van der Waals surface area contributed by atoms with Gasteiger partial charge in [-0.3, -0.25) is 4.79 Å². The Labute approximate surface area is 216 Å². The van der Waals surface area contributed by atoms with Crippen LogP contribution in [0.4, 0.5) is 0 Å². The van der Waals surface area contributed by atoms with Gasteiger partial charge >= 0.3 is 5.97 Å². The molecule has 2 atom stereocenters. The highest BCUT2D eigenvalue weighted by Gasteiger charge is 2.42. The third-order valence-electron chi connectivity index (χ3n) is 7.44. The first-order chi connectivity index (χ1) is 16.9. The van der Waals surface area contributed by atoms with E-state index in [0.29, 0.717) is 45.3 Å². The van der Waals surface area contributed by atoms with Crippen molar-refractivity contribution in [2.45, 2.75) is 69.8 Å². The van der Waals surface area contributed by atoms with Crippen LogP contribution in [-0.2, 0) is 14.3 Å². The average Bonchev–Trinajstić information content (AvgIpc) is 2.86. The summed E-state index contributed by atoms with van der Waals surface area (Å²) in [6.07, 6.45) is 6.02. The van der Waals surface area contributed by atoms with E-state index in [4.69, 9.17) is 27.9 Å². The number of Topliss-reactive ketones (excluding diaryl/α,β-unsaturated/α-hetero) is 1. The predicted molar refractivity (Wildman–Crippen MR) is 138 cm³/mol. The molecule has 0 saturated heterocycles. The number of carbonyl (C=O) groups is 2. The number of halogens is 2. The van der Waals surface area contributed by atoms with Crippen LogP contribution >= 0.6 is 23.2 Å². The smallest absolute Gasteiger partial charge is 0.337 e. The van der Waals surface area contributed by atoms with Crippen LogP contribution in [0.3, 0.4) is 0 Å². The fourth-order valence-corrected chi connectivity index (χ4v) is 6.14. The summed E-state index contributed by atoms with van der Waals surface area (Å²) in [5, 5.41) is 4.17. The Bertz CT molecular complexity index is 1210. The Hall–Kier alpha value is -2.56. The van der Waals surface area contributed by atoms with Crippen molar-refractivity contribution in [1.82, 2.24) is 5.32 Å². The fourth-order valence-electron chi connectivity index (χ4n) is 5.72. The summed E-state index contributed by atoms with van der Waals surface area (Å²) < 4.78 is 5.98. The maximum absolute atomic E-state index is 13.7. The number of rotatable bonds is 4. The van der Waals surface area contributed by atoms with E-state index in [0.717, 1.165) is 36.9 Å². The van der Waals surface area contributed by atoms with Crippen LogP contribution in [0, 0.1) is 0 Å². The maximum atomic E-state index is 13.7. The molecule has 0 unspecified atom stereocenters. The number of ketones is 1. The Kier molecular flexibility index (Phi) is 7.04. The summed E-state index contributed by atoms with van der Waals surface area (Å²) in [5.74, 6) is -0.900. The number of nitrogens with one attached hydrogen (secondary N) is 1. The second kappa shape index (κ2) is 10.2. The molecule has 5 rings (SSSR count). The van der Waals surface area contributed by atoms with Gasteiger partial charge in [-0.15, -0.1) is 0 Å². The molecule has 1 N–H and O–H groups in total. The quantitative estimate of drug-likeness (QED) is 0.441. The van der Waals surface area contributed by atoms with Gasteiger partial charge in [0.2, 0.25) is 0 Å². The van der Waals surface area contributed by atoms with E-state index in [9.17, 15) is 9.59 Å². The minimum absolute atomic E-state index is 0.0177. The Morgan fingerprint density at radius 1 is 0.971 bits per heavy atom. The van der Waals surface area contributed by atoms with Crippen molar-refractivity contribution < 1.29 is 14.3 Å². The van der Waals surface area contributed by atoms with Gasteiger partial charge in [0, 0.05) is 29.3 Å². The largest absolute Gasteiger partial charge is 0.459 e. The molecule has 3 aliphatic rings. The third kappa shape index (κ3) is 4.79. The lowest BCUT2D eigenvalue weighted by Crippen LogP contribution is -2.37. The first kappa shape index (κ1) is 24.1. The highest BCUT2D eigenvalue weighted by atomic mass is 35.5. The van der Waals surface area contributed by atoms with Crippen molar-refractivity contribution in [3.8, 4) is 0 Å². The van der Waals surface area contributed by atoms with Gasteiger partial charge < -0.3 is 10.1 Å². The number of benzene rings is 2. The van der Waals surface area contributed by atoms with E-state index < -0.39 is 5.92 Å². The van der Waals surface area contributed by atoms with Crippen LogP contribution in [0.5, 0.6) is 0 Å². The Morgan fingerprint density at radius 2 is 1.71 bits per heavy atom. The van der Waals surface area contributed by atoms with E-state index >= 15 is 0 Å². The van der Waals surface area contributed by atoms with Crippen molar-refractivity contribution in [1.29, 1.82) is 0 Å². The van der Waals surface area contributed by atoms with Gasteiger partial charge in [0.25, 0.3) is 0 Å². The number of dihydropyridines is 1. The third-order valence-corrected chi connectivity index (χ3v) is 8.27. The summed E-state index contributed by atoms with van der Waals surface area (Å²) in [7, 11) is 0. The SMILES string of the molecule is CC1=C(C(=O)OC2CCCCC2)[C@H](c2cccc(Cl)c2Cl)C2=C(C[C@@H](c3ccccc3)CC2=O)N1. The van der Waals surface area contributed by atoms with E-state index in [1.807, 2.05) is 37.3 Å². The molecule has 1 saturated carbocycles. The average molecular weight is 510 g/mol.